The smallest absolute Gasteiger partial charge is 0.355 e. The van der Waals surface area contributed by atoms with E-state index in [0.717, 1.165) is 16.7 Å². The summed E-state index contributed by atoms with van der Waals surface area (Å²) in [5, 5.41) is 8.71. The van der Waals surface area contributed by atoms with Gasteiger partial charge in [-0.2, -0.15) is 5.26 Å². The molecule has 0 fully saturated rings. The molecule has 102 valence electrons. The van der Waals surface area contributed by atoms with E-state index in [1.165, 1.54) is 0 Å². The number of hydrogen-bond acceptors (Lipinski definition) is 4. The molecule has 0 aliphatic carbocycles. The van der Waals surface area contributed by atoms with E-state index in [0.29, 0.717) is 24.4 Å². The van der Waals surface area contributed by atoms with Crippen LogP contribution in [0.25, 0.3) is 0 Å². The molecule has 0 saturated carbocycles. The highest BCUT2D eigenvalue weighted by Gasteiger charge is 2.15. The molecule has 0 aliphatic heterocycles. The Balaban J connectivity index is 2.18. The first-order valence-corrected chi connectivity index (χ1v) is 6.34. The second-order valence-electron chi connectivity index (χ2n) is 4.37. The number of rotatable bonds is 4. The first-order chi connectivity index (χ1) is 9.65. The summed E-state index contributed by atoms with van der Waals surface area (Å²) in [6.45, 7) is 4.01. The highest BCUT2D eigenvalue weighted by atomic mass is 16.5. The Hall–Kier alpha value is -2.61. The predicted octanol–water partition coefficient (Wildman–Crippen LogP) is 2.36. The summed E-state index contributed by atoms with van der Waals surface area (Å²) in [6, 6.07) is 5.53. The number of nitrogens with one attached hydrogen (secondary N) is 1. The van der Waals surface area contributed by atoms with Gasteiger partial charge >= 0.3 is 5.97 Å². The molecule has 2 aromatic rings. The number of ether oxygens (including phenoxy) is 1. The van der Waals surface area contributed by atoms with Crippen LogP contribution in [0.5, 0.6) is 0 Å². The van der Waals surface area contributed by atoms with E-state index >= 15 is 0 Å². The van der Waals surface area contributed by atoms with Gasteiger partial charge in [0.15, 0.2) is 0 Å². The highest BCUT2D eigenvalue weighted by Crippen LogP contribution is 2.17. The number of carbonyl (C=O) groups is 1. The van der Waals surface area contributed by atoms with Crippen molar-refractivity contribution in [3.63, 3.8) is 0 Å². The second-order valence-corrected chi connectivity index (χ2v) is 4.37. The molecular weight excluding hydrogens is 254 g/mol. The zero-order valence-electron chi connectivity index (χ0n) is 11.4. The predicted molar refractivity (Wildman–Crippen MR) is 73.2 cm³/mol. The molecule has 0 bridgehead atoms. The zero-order valence-corrected chi connectivity index (χ0v) is 11.4. The average molecular weight is 269 g/mol. The lowest BCUT2D eigenvalue weighted by Gasteiger charge is -2.03. The van der Waals surface area contributed by atoms with Crippen molar-refractivity contribution in [3.05, 3.63) is 52.6 Å². The van der Waals surface area contributed by atoms with Crippen LogP contribution in [0.1, 0.15) is 39.8 Å². The van der Waals surface area contributed by atoms with Crippen LogP contribution in [-0.2, 0) is 11.2 Å². The van der Waals surface area contributed by atoms with Crippen LogP contribution in [0.2, 0.25) is 0 Å². The summed E-state index contributed by atoms with van der Waals surface area (Å²) in [5.41, 5.74) is 3.77. The van der Waals surface area contributed by atoms with Crippen LogP contribution < -0.4 is 0 Å². The topological polar surface area (TPSA) is 78.8 Å². The van der Waals surface area contributed by atoms with E-state index in [9.17, 15) is 4.79 Å². The van der Waals surface area contributed by atoms with Crippen LogP contribution >= 0.6 is 0 Å². The van der Waals surface area contributed by atoms with Crippen molar-refractivity contribution in [2.45, 2.75) is 20.3 Å². The monoisotopic (exact) mass is 269 g/mol. The van der Waals surface area contributed by atoms with Crippen molar-refractivity contribution in [1.29, 1.82) is 5.26 Å². The number of aromatic nitrogens is 2. The van der Waals surface area contributed by atoms with E-state index in [1.54, 1.807) is 25.4 Å². The SMILES string of the molecule is CCOC(=O)c1[nH]cc(Cc2ccc(C#N)nc2)c1C. The molecule has 0 aliphatic rings. The normalized spacial score (nSPS) is 10.1. The third-order valence-corrected chi connectivity index (χ3v) is 3.06. The van der Waals surface area contributed by atoms with Gasteiger partial charge in [0.2, 0.25) is 0 Å². The van der Waals surface area contributed by atoms with Crippen molar-refractivity contribution in [2.75, 3.05) is 6.61 Å². The van der Waals surface area contributed by atoms with Gasteiger partial charge in [0.05, 0.1) is 6.61 Å². The number of nitrogens with zero attached hydrogens (tertiary/aromatic N) is 2. The Labute approximate surface area is 117 Å². The lowest BCUT2D eigenvalue weighted by atomic mass is 10.0. The molecule has 0 radical (unpaired) electrons. The fourth-order valence-electron chi connectivity index (χ4n) is 1.95. The molecule has 2 rings (SSSR count). The fraction of sp³-hybridized carbons (Fsp3) is 0.267. The molecule has 0 atom stereocenters. The van der Waals surface area contributed by atoms with E-state index in [4.69, 9.17) is 10.00 Å². The van der Waals surface area contributed by atoms with Gasteiger partial charge in [-0.3, -0.25) is 0 Å². The lowest BCUT2D eigenvalue weighted by Crippen LogP contribution is -2.06. The number of esters is 1. The second kappa shape index (κ2) is 6.02. The number of nitriles is 1. The van der Waals surface area contributed by atoms with E-state index in [2.05, 4.69) is 9.97 Å². The molecule has 0 spiro atoms. The van der Waals surface area contributed by atoms with Crippen LogP contribution in [0.3, 0.4) is 0 Å². The summed E-state index contributed by atoms with van der Waals surface area (Å²) in [6.07, 6.45) is 4.13. The van der Waals surface area contributed by atoms with Gasteiger partial charge in [0.25, 0.3) is 0 Å². The van der Waals surface area contributed by atoms with Gasteiger partial charge in [0, 0.05) is 18.8 Å². The molecule has 2 heterocycles. The lowest BCUT2D eigenvalue weighted by molar-refractivity contribution is 0.0519. The molecule has 5 heteroatoms. The molecule has 0 amide bonds. The highest BCUT2D eigenvalue weighted by molar-refractivity contribution is 5.89. The Morgan fingerprint density at radius 3 is 2.90 bits per heavy atom. The van der Waals surface area contributed by atoms with Crippen molar-refractivity contribution >= 4 is 5.97 Å². The van der Waals surface area contributed by atoms with Gasteiger partial charge in [-0.05, 0) is 36.6 Å². The molecular formula is C15H15N3O2. The summed E-state index contributed by atoms with van der Waals surface area (Å²) in [5.74, 6) is -0.339. The molecule has 5 nitrogen and oxygen atoms in total. The standard InChI is InChI=1S/C15H15N3O2/c1-3-20-15(19)14-10(2)12(9-18-14)6-11-4-5-13(7-16)17-8-11/h4-5,8-9,18H,3,6H2,1-2H3. The first-order valence-electron chi connectivity index (χ1n) is 6.34. The van der Waals surface area contributed by atoms with Crippen LogP contribution in [0.15, 0.2) is 24.5 Å². The van der Waals surface area contributed by atoms with Gasteiger partial charge in [-0.15, -0.1) is 0 Å². The molecule has 0 saturated heterocycles. The number of H-pyrrole nitrogens is 1. The summed E-state index contributed by atoms with van der Waals surface area (Å²) >= 11 is 0. The molecule has 1 N–H and O–H groups in total. The van der Waals surface area contributed by atoms with Crippen molar-refractivity contribution in [1.82, 2.24) is 9.97 Å². The molecule has 0 unspecified atom stereocenters. The number of carbonyl (C=O) groups excluding carboxylic acids is 1. The van der Waals surface area contributed by atoms with Gasteiger partial charge < -0.3 is 9.72 Å². The first kappa shape index (κ1) is 13.8. The zero-order chi connectivity index (χ0) is 14.5. The number of pyridine rings is 1. The minimum absolute atomic E-state index is 0.339. The van der Waals surface area contributed by atoms with E-state index in [-0.39, 0.29) is 5.97 Å². The minimum atomic E-state index is -0.339. The number of hydrogen-bond donors (Lipinski definition) is 1. The maximum absolute atomic E-state index is 11.7. The van der Waals surface area contributed by atoms with E-state index in [1.807, 2.05) is 19.1 Å². The molecule has 0 aromatic carbocycles. The number of aromatic amines is 1. The maximum atomic E-state index is 11.7. The minimum Gasteiger partial charge on any atom is -0.461 e. The van der Waals surface area contributed by atoms with Crippen LogP contribution in [0.4, 0.5) is 0 Å². The summed E-state index contributed by atoms with van der Waals surface area (Å²) in [4.78, 5) is 18.7. The fourth-order valence-corrected chi connectivity index (χ4v) is 1.95. The maximum Gasteiger partial charge on any atom is 0.355 e. The van der Waals surface area contributed by atoms with Crippen molar-refractivity contribution in [3.8, 4) is 6.07 Å². The summed E-state index contributed by atoms with van der Waals surface area (Å²) in [7, 11) is 0. The Kier molecular flexibility index (Phi) is 4.16. The van der Waals surface area contributed by atoms with Gasteiger partial charge in [-0.1, -0.05) is 6.07 Å². The van der Waals surface area contributed by atoms with E-state index < -0.39 is 0 Å². The third kappa shape index (κ3) is 2.86. The van der Waals surface area contributed by atoms with Gasteiger partial charge in [-0.25, -0.2) is 9.78 Å². The molecule has 20 heavy (non-hydrogen) atoms. The van der Waals surface area contributed by atoms with Crippen molar-refractivity contribution in [2.24, 2.45) is 0 Å². The van der Waals surface area contributed by atoms with Crippen molar-refractivity contribution < 1.29 is 9.53 Å². The largest absolute Gasteiger partial charge is 0.461 e. The van der Waals surface area contributed by atoms with Crippen LogP contribution in [-0.4, -0.2) is 22.5 Å². The average Bonchev–Trinajstić information content (AvgIpc) is 2.81. The molecule has 2 aromatic heterocycles. The quantitative estimate of drug-likeness (QED) is 0.864. The Bertz CT molecular complexity index is 651. The Morgan fingerprint density at radius 1 is 1.50 bits per heavy atom. The van der Waals surface area contributed by atoms with Gasteiger partial charge in [0.1, 0.15) is 17.5 Å². The van der Waals surface area contributed by atoms with Crippen LogP contribution in [0, 0.1) is 18.3 Å². The Morgan fingerprint density at radius 2 is 2.30 bits per heavy atom. The third-order valence-electron chi connectivity index (χ3n) is 3.06. The summed E-state index contributed by atoms with van der Waals surface area (Å²) < 4.78 is 4.98.